The van der Waals surface area contributed by atoms with Crippen LogP contribution in [0.5, 0.6) is 0 Å². The van der Waals surface area contributed by atoms with Gasteiger partial charge in [-0.25, -0.2) is 4.39 Å². The number of carbonyl (C=O) groups excluding carboxylic acids is 2. The van der Waals surface area contributed by atoms with E-state index in [9.17, 15) is 14.0 Å². The molecule has 6 heteroatoms. The lowest BCUT2D eigenvalue weighted by molar-refractivity contribution is -0.147. The van der Waals surface area contributed by atoms with E-state index < -0.39 is 5.41 Å². The molecule has 0 aliphatic heterocycles. The first-order valence-corrected chi connectivity index (χ1v) is 13.0. The van der Waals surface area contributed by atoms with Gasteiger partial charge in [-0.1, -0.05) is 66.0 Å². The monoisotopic (exact) mass is 483 g/mol. The first kappa shape index (κ1) is 27.0. The maximum absolute atomic E-state index is 13.8. The highest BCUT2D eigenvalue weighted by Crippen LogP contribution is 2.26. The summed E-state index contributed by atoms with van der Waals surface area (Å²) in [5.41, 5.74) is 1.53. The molecule has 5 nitrogen and oxygen atoms in total. The minimum absolute atomic E-state index is 0.0165. The fourth-order valence-electron chi connectivity index (χ4n) is 4.91. The highest BCUT2D eigenvalue weighted by molar-refractivity contribution is 5.87. The second kappa shape index (κ2) is 11.9. The quantitative estimate of drug-likeness (QED) is 0.448. The number of benzene rings is 1. The molecule has 1 aromatic heterocycles. The normalized spacial score (nSPS) is 14.8. The molecule has 0 bridgehead atoms. The summed E-state index contributed by atoms with van der Waals surface area (Å²) in [5.74, 6) is 0.0731. The van der Waals surface area contributed by atoms with Crippen LogP contribution in [0.25, 0.3) is 0 Å². The topological polar surface area (TPSA) is 45.6 Å². The van der Waals surface area contributed by atoms with Gasteiger partial charge in [0.05, 0.1) is 13.1 Å². The first-order valence-electron chi connectivity index (χ1n) is 13.0. The lowest BCUT2D eigenvalue weighted by Gasteiger charge is -2.37. The van der Waals surface area contributed by atoms with E-state index >= 15 is 0 Å². The number of halogens is 1. The second-order valence-corrected chi connectivity index (χ2v) is 11.4. The standard InChI is InChI=1S/C29H42FN3O2/c1-22(2)18-32(28(35)29(3,4)5)21-27(34)33(25-10-7-6-8-11-25)20-26-12-9-17-31(26)19-23-13-15-24(30)16-14-23/h9,12-17,22,25H,6-8,10-11,18-21H2,1-5H3. The van der Waals surface area contributed by atoms with Gasteiger partial charge in [0.25, 0.3) is 0 Å². The van der Waals surface area contributed by atoms with Crippen LogP contribution >= 0.6 is 0 Å². The van der Waals surface area contributed by atoms with Crippen LogP contribution in [0, 0.1) is 17.2 Å². The number of rotatable bonds is 9. The number of hydrogen-bond donors (Lipinski definition) is 0. The van der Waals surface area contributed by atoms with Crippen LogP contribution in [-0.4, -0.2) is 45.3 Å². The Hall–Kier alpha value is -2.63. The van der Waals surface area contributed by atoms with E-state index in [2.05, 4.69) is 24.5 Å². The third-order valence-corrected chi connectivity index (χ3v) is 6.70. The fourth-order valence-corrected chi connectivity index (χ4v) is 4.91. The van der Waals surface area contributed by atoms with Crippen LogP contribution in [0.2, 0.25) is 0 Å². The highest BCUT2D eigenvalue weighted by Gasteiger charge is 2.32. The molecule has 1 fully saturated rings. The van der Waals surface area contributed by atoms with E-state index in [4.69, 9.17) is 0 Å². The van der Waals surface area contributed by atoms with Gasteiger partial charge in [0, 0.05) is 36.4 Å². The molecule has 0 radical (unpaired) electrons. The largest absolute Gasteiger partial charge is 0.345 e. The van der Waals surface area contributed by atoms with E-state index in [0.717, 1.165) is 36.9 Å². The molecule has 192 valence electrons. The maximum Gasteiger partial charge on any atom is 0.242 e. The lowest BCUT2D eigenvalue weighted by atomic mass is 9.93. The number of nitrogens with zero attached hydrogens (tertiary/aromatic N) is 3. The lowest BCUT2D eigenvalue weighted by Crippen LogP contribution is -2.50. The molecule has 1 saturated carbocycles. The van der Waals surface area contributed by atoms with Gasteiger partial charge in [0.15, 0.2) is 0 Å². The Labute approximate surface area is 210 Å². The summed E-state index contributed by atoms with van der Waals surface area (Å²) >= 11 is 0. The van der Waals surface area contributed by atoms with Gasteiger partial charge in [-0.05, 0) is 48.6 Å². The van der Waals surface area contributed by atoms with Gasteiger partial charge in [-0.15, -0.1) is 0 Å². The van der Waals surface area contributed by atoms with E-state index in [1.54, 1.807) is 17.0 Å². The first-order chi connectivity index (χ1) is 16.5. The summed E-state index contributed by atoms with van der Waals surface area (Å²) in [6.07, 6.45) is 7.48. The molecule has 1 aliphatic carbocycles. The number of carbonyl (C=O) groups is 2. The summed E-state index contributed by atoms with van der Waals surface area (Å²) in [7, 11) is 0. The Balaban J connectivity index is 1.81. The molecule has 0 unspecified atom stereocenters. The molecule has 0 spiro atoms. The highest BCUT2D eigenvalue weighted by atomic mass is 19.1. The Kier molecular flexibility index (Phi) is 9.15. The molecule has 1 aromatic carbocycles. The Morgan fingerprint density at radius 3 is 2.31 bits per heavy atom. The Morgan fingerprint density at radius 2 is 1.71 bits per heavy atom. The maximum atomic E-state index is 13.8. The van der Waals surface area contributed by atoms with Crippen LogP contribution in [0.1, 0.15) is 78.0 Å². The molecule has 3 rings (SSSR count). The van der Waals surface area contributed by atoms with Crippen molar-refractivity contribution in [3.63, 3.8) is 0 Å². The molecule has 35 heavy (non-hydrogen) atoms. The fraction of sp³-hybridized carbons (Fsp3) is 0.586. The van der Waals surface area contributed by atoms with Crippen molar-refractivity contribution in [2.45, 2.75) is 85.9 Å². The molecular formula is C29H42FN3O2. The van der Waals surface area contributed by atoms with Crippen LogP contribution in [0.3, 0.4) is 0 Å². The molecule has 0 N–H and O–H groups in total. The average molecular weight is 484 g/mol. The second-order valence-electron chi connectivity index (χ2n) is 11.4. The molecule has 0 saturated heterocycles. The number of hydrogen-bond acceptors (Lipinski definition) is 2. The van der Waals surface area contributed by atoms with Gasteiger partial charge in [0.1, 0.15) is 5.82 Å². The van der Waals surface area contributed by atoms with Gasteiger partial charge in [-0.3, -0.25) is 9.59 Å². The van der Waals surface area contributed by atoms with E-state index in [1.165, 1.54) is 18.6 Å². The zero-order chi connectivity index (χ0) is 25.6. The van der Waals surface area contributed by atoms with Crippen molar-refractivity contribution >= 4 is 11.8 Å². The van der Waals surface area contributed by atoms with E-state index in [-0.39, 0.29) is 36.1 Å². The molecular weight excluding hydrogens is 441 g/mol. The van der Waals surface area contributed by atoms with Crippen molar-refractivity contribution in [2.75, 3.05) is 13.1 Å². The van der Waals surface area contributed by atoms with Crippen LogP contribution in [0.4, 0.5) is 4.39 Å². The van der Waals surface area contributed by atoms with E-state index in [1.807, 2.05) is 37.9 Å². The van der Waals surface area contributed by atoms with Gasteiger partial charge >= 0.3 is 0 Å². The van der Waals surface area contributed by atoms with Crippen molar-refractivity contribution < 1.29 is 14.0 Å². The van der Waals surface area contributed by atoms with Crippen molar-refractivity contribution in [1.29, 1.82) is 0 Å². The summed E-state index contributed by atoms with van der Waals surface area (Å²) in [5, 5.41) is 0. The molecule has 2 amide bonds. The summed E-state index contributed by atoms with van der Waals surface area (Å²) in [6, 6.07) is 10.8. The predicted molar refractivity (Wildman–Crippen MR) is 138 cm³/mol. The van der Waals surface area contributed by atoms with Crippen LogP contribution in [-0.2, 0) is 22.7 Å². The van der Waals surface area contributed by atoms with Gasteiger partial charge < -0.3 is 14.4 Å². The minimum atomic E-state index is -0.533. The van der Waals surface area contributed by atoms with Gasteiger partial charge in [0.2, 0.25) is 11.8 Å². The number of aromatic nitrogens is 1. The predicted octanol–water partition coefficient (Wildman–Crippen LogP) is 5.87. The van der Waals surface area contributed by atoms with Gasteiger partial charge in [-0.2, -0.15) is 0 Å². The zero-order valence-corrected chi connectivity index (χ0v) is 22.1. The molecule has 0 atom stereocenters. The summed E-state index contributed by atoms with van der Waals surface area (Å²) < 4.78 is 15.5. The number of amides is 2. The van der Waals surface area contributed by atoms with E-state index in [0.29, 0.717) is 19.6 Å². The zero-order valence-electron chi connectivity index (χ0n) is 22.1. The minimum Gasteiger partial charge on any atom is -0.345 e. The summed E-state index contributed by atoms with van der Waals surface area (Å²) in [4.78, 5) is 30.7. The van der Waals surface area contributed by atoms with Crippen LogP contribution in [0.15, 0.2) is 42.6 Å². The average Bonchev–Trinajstić information content (AvgIpc) is 3.24. The molecule has 1 heterocycles. The molecule has 1 aliphatic rings. The van der Waals surface area contributed by atoms with Crippen molar-refractivity contribution in [3.05, 3.63) is 59.7 Å². The van der Waals surface area contributed by atoms with Crippen molar-refractivity contribution in [3.8, 4) is 0 Å². The Bertz CT molecular complexity index is 969. The van der Waals surface area contributed by atoms with Crippen molar-refractivity contribution in [1.82, 2.24) is 14.4 Å². The summed E-state index contributed by atoms with van der Waals surface area (Å²) in [6.45, 7) is 11.7. The Morgan fingerprint density at radius 1 is 1.06 bits per heavy atom. The molecule has 2 aromatic rings. The third kappa shape index (κ3) is 7.68. The van der Waals surface area contributed by atoms with Crippen LogP contribution < -0.4 is 0 Å². The third-order valence-electron chi connectivity index (χ3n) is 6.70. The SMILES string of the molecule is CC(C)CN(CC(=O)N(Cc1cccn1Cc1ccc(F)cc1)C1CCCCC1)C(=O)C(C)(C)C. The van der Waals surface area contributed by atoms with Crippen molar-refractivity contribution in [2.24, 2.45) is 11.3 Å². The smallest absolute Gasteiger partial charge is 0.242 e.